The molecule has 3 heterocycles. The Morgan fingerprint density at radius 1 is 1.06 bits per heavy atom. The van der Waals surface area contributed by atoms with Gasteiger partial charge >= 0.3 is 5.97 Å². The number of esters is 1. The lowest BCUT2D eigenvalue weighted by atomic mass is 9.97. The van der Waals surface area contributed by atoms with Gasteiger partial charge in [-0.05, 0) is 88.7 Å². The SMILES string of the molecule is CC(C)OC(=O)c1ccc(Cn2c(CN3CCCC3)nc3sc4c(c3c2=O)CCCC4)cc1. The Morgan fingerprint density at radius 2 is 1.79 bits per heavy atom. The van der Waals surface area contributed by atoms with E-state index in [-0.39, 0.29) is 17.6 Å². The van der Waals surface area contributed by atoms with Crippen molar-refractivity contribution in [1.29, 1.82) is 0 Å². The lowest BCUT2D eigenvalue weighted by Crippen LogP contribution is -2.30. The molecular weight excluding hydrogens is 434 g/mol. The number of hydrogen-bond acceptors (Lipinski definition) is 6. The molecule has 1 fully saturated rings. The number of aromatic nitrogens is 2. The molecule has 1 saturated heterocycles. The van der Waals surface area contributed by atoms with Crippen molar-refractivity contribution in [1.82, 2.24) is 14.5 Å². The van der Waals surface area contributed by atoms with Crippen molar-refractivity contribution in [2.75, 3.05) is 13.1 Å². The quantitative estimate of drug-likeness (QED) is 0.500. The third-order valence-electron chi connectivity index (χ3n) is 6.59. The van der Waals surface area contributed by atoms with Crippen LogP contribution in [0.15, 0.2) is 29.1 Å². The Hall–Kier alpha value is -2.51. The molecule has 0 spiro atoms. The predicted octanol–water partition coefficient (Wildman–Crippen LogP) is 4.55. The summed E-state index contributed by atoms with van der Waals surface area (Å²) >= 11 is 1.72. The summed E-state index contributed by atoms with van der Waals surface area (Å²) in [5.41, 5.74) is 2.81. The van der Waals surface area contributed by atoms with Gasteiger partial charge in [-0.15, -0.1) is 11.3 Å². The van der Waals surface area contributed by atoms with Gasteiger partial charge in [0.25, 0.3) is 5.56 Å². The highest BCUT2D eigenvalue weighted by atomic mass is 32.1. The van der Waals surface area contributed by atoms with Crippen LogP contribution in [0.2, 0.25) is 0 Å². The number of ether oxygens (including phenoxy) is 1. The smallest absolute Gasteiger partial charge is 0.338 e. The fourth-order valence-corrected chi connectivity index (χ4v) is 6.19. The van der Waals surface area contributed by atoms with Crippen molar-refractivity contribution in [3.05, 3.63) is 62.0 Å². The monoisotopic (exact) mass is 465 g/mol. The van der Waals surface area contributed by atoms with Crippen LogP contribution in [0.3, 0.4) is 0 Å². The van der Waals surface area contributed by atoms with Gasteiger partial charge in [-0.1, -0.05) is 12.1 Å². The van der Waals surface area contributed by atoms with E-state index in [2.05, 4.69) is 4.90 Å². The lowest BCUT2D eigenvalue weighted by molar-refractivity contribution is 0.0378. The number of carbonyl (C=O) groups is 1. The molecule has 33 heavy (non-hydrogen) atoms. The minimum Gasteiger partial charge on any atom is -0.459 e. The van der Waals surface area contributed by atoms with Crippen LogP contribution in [0.1, 0.15) is 71.7 Å². The molecule has 1 aliphatic heterocycles. The average Bonchev–Trinajstić information content (AvgIpc) is 3.43. The van der Waals surface area contributed by atoms with E-state index >= 15 is 0 Å². The van der Waals surface area contributed by atoms with E-state index in [1.165, 1.54) is 29.7 Å². The van der Waals surface area contributed by atoms with E-state index in [0.717, 1.165) is 54.0 Å². The first-order valence-electron chi connectivity index (χ1n) is 12.1. The van der Waals surface area contributed by atoms with Crippen LogP contribution in [0.5, 0.6) is 0 Å². The van der Waals surface area contributed by atoms with Gasteiger partial charge in [0.1, 0.15) is 10.7 Å². The van der Waals surface area contributed by atoms with Crippen LogP contribution < -0.4 is 5.56 Å². The second-order valence-electron chi connectivity index (χ2n) is 9.44. The summed E-state index contributed by atoms with van der Waals surface area (Å²) < 4.78 is 7.16. The summed E-state index contributed by atoms with van der Waals surface area (Å²) in [6, 6.07) is 7.39. The van der Waals surface area contributed by atoms with Crippen LogP contribution in [0.4, 0.5) is 0 Å². The first-order valence-corrected chi connectivity index (χ1v) is 12.9. The summed E-state index contributed by atoms with van der Waals surface area (Å²) in [7, 11) is 0. The van der Waals surface area contributed by atoms with E-state index in [1.54, 1.807) is 23.5 Å². The van der Waals surface area contributed by atoms with Crippen molar-refractivity contribution in [2.45, 2.75) is 71.6 Å². The number of carbonyl (C=O) groups excluding carboxylic acids is 1. The fourth-order valence-electron chi connectivity index (χ4n) is 4.92. The standard InChI is InChI=1S/C26H31N3O3S/c1-17(2)32-26(31)19-11-9-18(10-12-19)15-29-22(16-28-13-5-6-14-28)27-24-23(25(29)30)20-7-3-4-8-21(20)33-24/h9-12,17H,3-8,13-16H2,1-2H3. The van der Waals surface area contributed by atoms with Crippen molar-refractivity contribution >= 4 is 27.5 Å². The molecule has 5 rings (SSSR count). The Kier molecular flexibility index (Phi) is 6.34. The summed E-state index contributed by atoms with van der Waals surface area (Å²) in [5.74, 6) is 0.521. The highest BCUT2D eigenvalue weighted by Gasteiger charge is 2.23. The van der Waals surface area contributed by atoms with Gasteiger partial charge in [-0.3, -0.25) is 14.3 Å². The number of aryl methyl sites for hydroxylation is 2. The van der Waals surface area contributed by atoms with Gasteiger partial charge in [-0.25, -0.2) is 9.78 Å². The Bertz CT molecular complexity index is 1220. The number of rotatable bonds is 6. The van der Waals surface area contributed by atoms with Crippen molar-refractivity contribution in [3.8, 4) is 0 Å². The van der Waals surface area contributed by atoms with Gasteiger partial charge in [0.05, 0.1) is 30.1 Å². The van der Waals surface area contributed by atoms with Crippen LogP contribution in [-0.4, -0.2) is 39.6 Å². The number of benzene rings is 1. The minimum atomic E-state index is -0.323. The molecule has 0 radical (unpaired) electrons. The van der Waals surface area contributed by atoms with Crippen molar-refractivity contribution in [2.24, 2.45) is 0 Å². The molecule has 0 saturated carbocycles. The summed E-state index contributed by atoms with van der Waals surface area (Å²) in [6.07, 6.45) is 6.62. The molecule has 2 aromatic heterocycles. The maximum Gasteiger partial charge on any atom is 0.338 e. The van der Waals surface area contributed by atoms with Crippen molar-refractivity contribution in [3.63, 3.8) is 0 Å². The molecule has 0 N–H and O–H groups in total. The van der Waals surface area contributed by atoms with Crippen molar-refractivity contribution < 1.29 is 9.53 Å². The molecule has 3 aromatic rings. The molecule has 7 heteroatoms. The molecule has 6 nitrogen and oxygen atoms in total. The lowest BCUT2D eigenvalue weighted by Gasteiger charge is -2.19. The molecule has 0 unspecified atom stereocenters. The zero-order valence-electron chi connectivity index (χ0n) is 19.4. The molecule has 1 aliphatic carbocycles. The van der Waals surface area contributed by atoms with Crippen LogP contribution in [0, 0.1) is 0 Å². The first kappa shape index (κ1) is 22.3. The number of nitrogens with zero attached hydrogens (tertiary/aromatic N) is 3. The Labute approximate surface area is 198 Å². The van der Waals surface area contributed by atoms with Crippen LogP contribution in [0.25, 0.3) is 10.2 Å². The largest absolute Gasteiger partial charge is 0.459 e. The van der Waals surface area contributed by atoms with Gasteiger partial charge < -0.3 is 4.74 Å². The number of thiophene rings is 1. The number of hydrogen-bond donors (Lipinski definition) is 0. The predicted molar refractivity (Wildman–Crippen MR) is 131 cm³/mol. The maximum absolute atomic E-state index is 13.8. The highest BCUT2D eigenvalue weighted by molar-refractivity contribution is 7.18. The second kappa shape index (κ2) is 9.39. The van der Waals surface area contributed by atoms with E-state index < -0.39 is 0 Å². The number of likely N-dealkylation sites (tertiary alicyclic amines) is 1. The third kappa shape index (κ3) is 4.62. The first-order chi connectivity index (χ1) is 16.0. The second-order valence-corrected chi connectivity index (χ2v) is 10.5. The van der Waals surface area contributed by atoms with Crippen LogP contribution >= 0.6 is 11.3 Å². The molecule has 174 valence electrons. The highest BCUT2D eigenvalue weighted by Crippen LogP contribution is 2.34. The third-order valence-corrected chi connectivity index (χ3v) is 7.78. The zero-order chi connectivity index (χ0) is 22.9. The Balaban J connectivity index is 1.51. The summed E-state index contributed by atoms with van der Waals surface area (Å²) in [5, 5.41) is 0.831. The molecule has 0 amide bonds. The molecule has 0 atom stereocenters. The van der Waals surface area contributed by atoms with E-state index in [9.17, 15) is 9.59 Å². The topological polar surface area (TPSA) is 64.4 Å². The average molecular weight is 466 g/mol. The van der Waals surface area contributed by atoms with Gasteiger partial charge in [0.15, 0.2) is 0 Å². The van der Waals surface area contributed by atoms with Crippen LogP contribution in [-0.2, 0) is 30.7 Å². The van der Waals surface area contributed by atoms with Gasteiger partial charge in [-0.2, -0.15) is 0 Å². The van der Waals surface area contributed by atoms with Gasteiger partial charge in [0.2, 0.25) is 0 Å². The van der Waals surface area contributed by atoms with E-state index in [0.29, 0.717) is 18.7 Å². The zero-order valence-corrected chi connectivity index (χ0v) is 20.2. The minimum absolute atomic E-state index is 0.0805. The molecule has 1 aromatic carbocycles. The van der Waals surface area contributed by atoms with Gasteiger partial charge in [0, 0.05) is 4.88 Å². The fraction of sp³-hybridized carbons (Fsp3) is 0.500. The normalized spacial score (nSPS) is 16.5. The van der Waals surface area contributed by atoms with E-state index in [4.69, 9.17) is 9.72 Å². The Morgan fingerprint density at radius 3 is 2.52 bits per heavy atom. The molecule has 0 bridgehead atoms. The summed E-state index contributed by atoms with van der Waals surface area (Å²) in [4.78, 5) is 35.7. The molecular formula is C26H31N3O3S. The molecule has 2 aliphatic rings. The maximum atomic E-state index is 13.8. The van der Waals surface area contributed by atoms with E-state index in [1.807, 2.05) is 30.5 Å². The number of fused-ring (bicyclic) bond motifs is 3. The summed E-state index contributed by atoms with van der Waals surface area (Å²) in [6.45, 7) is 6.95.